The predicted octanol–water partition coefficient (Wildman–Crippen LogP) is 3.25. The molecule has 1 atom stereocenters. The molecule has 0 radical (unpaired) electrons. The predicted molar refractivity (Wildman–Crippen MR) is 87.2 cm³/mol. The van der Waals surface area contributed by atoms with Gasteiger partial charge in [0, 0.05) is 23.8 Å². The van der Waals surface area contributed by atoms with Gasteiger partial charge in [0.25, 0.3) is 0 Å². The second kappa shape index (κ2) is 6.50. The van der Waals surface area contributed by atoms with Crippen molar-refractivity contribution < 1.29 is 14.3 Å². The van der Waals surface area contributed by atoms with Crippen molar-refractivity contribution in [3.8, 4) is 0 Å². The fourth-order valence-electron chi connectivity index (χ4n) is 2.21. The summed E-state index contributed by atoms with van der Waals surface area (Å²) in [6.07, 6.45) is -0.256. The Morgan fingerprint density at radius 3 is 3.00 bits per heavy atom. The van der Waals surface area contributed by atoms with Crippen LogP contribution in [0.5, 0.6) is 0 Å². The Morgan fingerprint density at radius 2 is 2.18 bits per heavy atom. The number of aromatic nitrogens is 1. The van der Waals surface area contributed by atoms with E-state index >= 15 is 0 Å². The van der Waals surface area contributed by atoms with E-state index in [0.29, 0.717) is 5.13 Å². The monoisotopic (exact) mass is 334 g/mol. The molecule has 2 heterocycles. The molecule has 1 aliphatic heterocycles. The normalized spacial score (nSPS) is 16.7. The van der Waals surface area contributed by atoms with E-state index in [0.717, 1.165) is 17.1 Å². The third-order valence-corrected chi connectivity index (χ3v) is 4.99. The average Bonchev–Trinajstić information content (AvgIpc) is 2.95. The van der Waals surface area contributed by atoms with Crippen LogP contribution in [-0.2, 0) is 15.3 Å². The van der Waals surface area contributed by atoms with E-state index in [1.807, 2.05) is 18.2 Å². The number of carbonyl (C=O) groups excluding carboxylic acids is 2. The van der Waals surface area contributed by atoms with Gasteiger partial charge >= 0.3 is 5.97 Å². The Kier molecular flexibility index (Phi) is 4.44. The highest BCUT2D eigenvalue weighted by molar-refractivity contribution is 7.98. The molecule has 1 aromatic carbocycles. The maximum absolute atomic E-state index is 12.2. The number of ether oxygens (including phenoxy) is 1. The molecular formula is C15H14N2O3S2. The van der Waals surface area contributed by atoms with Gasteiger partial charge in [-0.1, -0.05) is 24.3 Å². The van der Waals surface area contributed by atoms with E-state index < -0.39 is 5.97 Å². The van der Waals surface area contributed by atoms with Gasteiger partial charge in [0.05, 0.1) is 0 Å². The van der Waals surface area contributed by atoms with Gasteiger partial charge in [0.1, 0.15) is 6.10 Å². The van der Waals surface area contributed by atoms with Crippen LogP contribution in [-0.4, -0.2) is 22.6 Å². The summed E-state index contributed by atoms with van der Waals surface area (Å²) < 4.78 is 5.59. The topological polar surface area (TPSA) is 68.3 Å². The standard InChI is InChI=1S/C15H14N2O3S2/c1-9(18)16-15-17-12(7-22-15)14(19)20-13-8-21-6-10-4-2-3-5-11(10)13/h2-5,7,13H,6,8H2,1H3,(H,16,17,18)/t13-/m0/s1. The molecular weight excluding hydrogens is 320 g/mol. The van der Waals surface area contributed by atoms with Gasteiger partial charge < -0.3 is 10.1 Å². The van der Waals surface area contributed by atoms with Crippen molar-refractivity contribution in [1.29, 1.82) is 0 Å². The first-order chi connectivity index (χ1) is 10.6. The summed E-state index contributed by atoms with van der Waals surface area (Å²) >= 11 is 2.95. The number of anilines is 1. The number of rotatable bonds is 3. The lowest BCUT2D eigenvalue weighted by atomic mass is 10.0. The van der Waals surface area contributed by atoms with Crippen LogP contribution in [0.15, 0.2) is 29.6 Å². The van der Waals surface area contributed by atoms with Crippen LogP contribution >= 0.6 is 23.1 Å². The molecule has 0 fully saturated rings. The quantitative estimate of drug-likeness (QED) is 0.873. The SMILES string of the molecule is CC(=O)Nc1nc(C(=O)O[C@H]2CSCc3ccccc32)cs1. The number of thioether (sulfide) groups is 1. The summed E-state index contributed by atoms with van der Waals surface area (Å²) in [6, 6.07) is 7.99. The van der Waals surface area contributed by atoms with Gasteiger partial charge in [-0.05, 0) is 11.1 Å². The highest BCUT2D eigenvalue weighted by Gasteiger charge is 2.25. The van der Waals surface area contributed by atoms with E-state index in [9.17, 15) is 9.59 Å². The van der Waals surface area contributed by atoms with Gasteiger partial charge in [0.15, 0.2) is 10.8 Å². The molecule has 3 rings (SSSR count). The molecule has 0 spiro atoms. The number of fused-ring (bicyclic) bond motifs is 1. The Labute approximate surface area is 136 Å². The largest absolute Gasteiger partial charge is 0.452 e. The first kappa shape index (κ1) is 15.1. The number of nitrogens with one attached hydrogen (secondary N) is 1. The molecule has 1 N–H and O–H groups in total. The number of hydrogen-bond acceptors (Lipinski definition) is 6. The van der Waals surface area contributed by atoms with Gasteiger partial charge in [-0.25, -0.2) is 9.78 Å². The molecule has 5 nitrogen and oxygen atoms in total. The third-order valence-electron chi connectivity index (χ3n) is 3.17. The Morgan fingerprint density at radius 1 is 1.36 bits per heavy atom. The van der Waals surface area contributed by atoms with E-state index in [-0.39, 0.29) is 17.7 Å². The number of esters is 1. The van der Waals surface area contributed by atoms with Crippen molar-refractivity contribution in [3.63, 3.8) is 0 Å². The number of carbonyl (C=O) groups is 2. The molecule has 0 bridgehead atoms. The zero-order chi connectivity index (χ0) is 15.5. The van der Waals surface area contributed by atoms with Crippen LogP contribution in [0.4, 0.5) is 5.13 Å². The zero-order valence-electron chi connectivity index (χ0n) is 11.9. The number of benzene rings is 1. The average molecular weight is 334 g/mol. The van der Waals surface area contributed by atoms with Crippen molar-refractivity contribution in [2.45, 2.75) is 18.8 Å². The van der Waals surface area contributed by atoms with Crippen LogP contribution in [0, 0.1) is 0 Å². The van der Waals surface area contributed by atoms with Gasteiger partial charge in [-0.15, -0.1) is 11.3 Å². The number of thiazole rings is 1. The lowest BCUT2D eigenvalue weighted by Gasteiger charge is -2.24. The zero-order valence-corrected chi connectivity index (χ0v) is 13.5. The molecule has 114 valence electrons. The van der Waals surface area contributed by atoms with Crippen molar-refractivity contribution in [2.24, 2.45) is 0 Å². The number of hydrogen-bond donors (Lipinski definition) is 1. The van der Waals surface area contributed by atoms with Crippen LogP contribution in [0.2, 0.25) is 0 Å². The second-order valence-electron chi connectivity index (χ2n) is 4.83. The molecule has 0 saturated heterocycles. The third kappa shape index (κ3) is 3.31. The van der Waals surface area contributed by atoms with Crippen molar-refractivity contribution in [3.05, 3.63) is 46.5 Å². The fourth-order valence-corrected chi connectivity index (χ4v) is 4.00. The first-order valence-electron chi connectivity index (χ1n) is 6.73. The minimum atomic E-state index is -0.463. The highest BCUT2D eigenvalue weighted by atomic mass is 32.2. The fraction of sp³-hybridized carbons (Fsp3) is 0.267. The van der Waals surface area contributed by atoms with Crippen LogP contribution in [0.3, 0.4) is 0 Å². The van der Waals surface area contributed by atoms with Crippen LogP contribution < -0.4 is 5.32 Å². The summed E-state index contributed by atoms with van der Waals surface area (Å²) in [4.78, 5) is 27.3. The minimum absolute atomic E-state index is 0.216. The summed E-state index contributed by atoms with van der Waals surface area (Å²) in [7, 11) is 0. The maximum atomic E-state index is 12.2. The van der Waals surface area contributed by atoms with Crippen molar-refractivity contribution >= 4 is 40.1 Å². The van der Waals surface area contributed by atoms with E-state index in [4.69, 9.17) is 4.74 Å². The highest BCUT2D eigenvalue weighted by Crippen LogP contribution is 2.34. The van der Waals surface area contributed by atoms with E-state index in [2.05, 4.69) is 16.4 Å². The van der Waals surface area contributed by atoms with Gasteiger partial charge in [-0.2, -0.15) is 11.8 Å². The first-order valence-corrected chi connectivity index (χ1v) is 8.76. The summed E-state index contributed by atoms with van der Waals surface area (Å²) in [5, 5.41) is 4.55. The molecule has 1 aromatic heterocycles. The Balaban J connectivity index is 1.72. The molecule has 0 aliphatic carbocycles. The molecule has 0 unspecified atom stereocenters. The Hall–Kier alpha value is -1.86. The van der Waals surface area contributed by atoms with Gasteiger partial charge in [-0.3, -0.25) is 4.79 Å². The van der Waals surface area contributed by atoms with Crippen LogP contribution in [0.1, 0.15) is 34.6 Å². The summed E-state index contributed by atoms with van der Waals surface area (Å²) in [5.74, 6) is 1.00. The molecule has 0 saturated carbocycles. The van der Waals surface area contributed by atoms with Crippen LogP contribution in [0.25, 0.3) is 0 Å². The molecule has 2 aromatic rings. The summed E-state index contributed by atoms with van der Waals surface area (Å²) in [5.41, 5.74) is 2.49. The molecule has 7 heteroatoms. The second-order valence-corrected chi connectivity index (χ2v) is 6.72. The lowest BCUT2D eigenvalue weighted by Crippen LogP contribution is -2.18. The Bertz CT molecular complexity index is 714. The molecule has 1 aliphatic rings. The number of nitrogens with zero attached hydrogens (tertiary/aromatic N) is 1. The lowest BCUT2D eigenvalue weighted by molar-refractivity contribution is -0.114. The van der Waals surface area contributed by atoms with E-state index in [1.165, 1.54) is 23.8 Å². The number of amides is 1. The maximum Gasteiger partial charge on any atom is 0.358 e. The molecule has 1 amide bonds. The summed E-state index contributed by atoms with van der Waals surface area (Å²) in [6.45, 7) is 1.40. The van der Waals surface area contributed by atoms with Crippen molar-refractivity contribution in [1.82, 2.24) is 4.98 Å². The smallest absolute Gasteiger partial charge is 0.358 e. The van der Waals surface area contributed by atoms with Crippen molar-refractivity contribution in [2.75, 3.05) is 11.1 Å². The van der Waals surface area contributed by atoms with Gasteiger partial charge in [0.2, 0.25) is 5.91 Å². The van der Waals surface area contributed by atoms with E-state index in [1.54, 1.807) is 17.1 Å². The molecule has 22 heavy (non-hydrogen) atoms. The minimum Gasteiger partial charge on any atom is -0.452 e.